The number of amides is 2. The fourth-order valence-corrected chi connectivity index (χ4v) is 3.78. The zero-order valence-electron chi connectivity index (χ0n) is 12.6. The lowest BCUT2D eigenvalue weighted by molar-refractivity contribution is -0.116. The molecule has 0 unspecified atom stereocenters. The molecule has 0 aliphatic carbocycles. The minimum absolute atomic E-state index is 0.136. The second-order valence-corrected chi connectivity index (χ2v) is 7.74. The Bertz CT molecular complexity index is 840. The second kappa shape index (κ2) is 7.60. The third-order valence-corrected chi connectivity index (χ3v) is 5.33. The Balaban J connectivity index is 1.49. The number of aromatic nitrogens is 3. The van der Waals surface area contributed by atoms with E-state index < -0.39 is 0 Å². The van der Waals surface area contributed by atoms with Crippen LogP contribution in [-0.2, 0) is 11.2 Å². The van der Waals surface area contributed by atoms with Gasteiger partial charge in [0, 0.05) is 11.8 Å². The van der Waals surface area contributed by atoms with E-state index >= 15 is 0 Å². The number of anilines is 2. The highest BCUT2D eigenvalue weighted by atomic mass is 32.1. The molecule has 0 saturated carbocycles. The first-order valence-corrected chi connectivity index (χ1v) is 9.57. The maximum Gasteiger partial charge on any atom is 0.267 e. The van der Waals surface area contributed by atoms with Crippen LogP contribution in [0.4, 0.5) is 10.3 Å². The molecule has 0 saturated heterocycles. The highest BCUT2D eigenvalue weighted by Gasteiger charge is 2.11. The number of nitrogens with zero attached hydrogens (tertiary/aromatic N) is 3. The standard InChI is InChI=1S/C14H13N5O2S3/c1-8-18-19-14(24-8)16-11(20)5-4-9-7-23-13(15-9)17-12(21)10-3-2-6-22-10/h2-3,6-7H,4-5H2,1H3,(H,15,17,21)(H,16,19,20). The first-order valence-electron chi connectivity index (χ1n) is 6.99. The van der Waals surface area contributed by atoms with Crippen LogP contribution in [0.2, 0.25) is 0 Å². The lowest BCUT2D eigenvalue weighted by Gasteiger charge is -2.00. The lowest BCUT2D eigenvalue weighted by Crippen LogP contribution is -2.12. The topological polar surface area (TPSA) is 96.9 Å². The van der Waals surface area contributed by atoms with Crippen molar-refractivity contribution in [1.29, 1.82) is 0 Å². The molecule has 2 N–H and O–H groups in total. The van der Waals surface area contributed by atoms with Gasteiger partial charge in [-0.2, -0.15) is 0 Å². The molecule has 24 heavy (non-hydrogen) atoms. The highest BCUT2D eigenvalue weighted by molar-refractivity contribution is 7.15. The molecule has 0 aliphatic heterocycles. The van der Waals surface area contributed by atoms with Gasteiger partial charge in [0.2, 0.25) is 11.0 Å². The summed E-state index contributed by atoms with van der Waals surface area (Å²) in [4.78, 5) is 28.8. The Kier molecular flexibility index (Phi) is 5.28. The number of hydrogen-bond acceptors (Lipinski definition) is 8. The molecule has 0 bridgehead atoms. The van der Waals surface area contributed by atoms with E-state index in [1.165, 1.54) is 34.0 Å². The van der Waals surface area contributed by atoms with Crippen LogP contribution in [0.3, 0.4) is 0 Å². The van der Waals surface area contributed by atoms with Crippen molar-refractivity contribution in [3.63, 3.8) is 0 Å². The van der Waals surface area contributed by atoms with E-state index in [9.17, 15) is 9.59 Å². The number of aryl methyl sites for hydroxylation is 2. The highest BCUT2D eigenvalue weighted by Crippen LogP contribution is 2.19. The average Bonchev–Trinajstić information content (AvgIpc) is 3.27. The number of carbonyl (C=O) groups is 2. The van der Waals surface area contributed by atoms with Crippen LogP contribution in [0, 0.1) is 6.92 Å². The van der Waals surface area contributed by atoms with Crippen molar-refractivity contribution in [2.45, 2.75) is 19.8 Å². The van der Waals surface area contributed by atoms with Crippen LogP contribution in [0.1, 0.15) is 26.8 Å². The van der Waals surface area contributed by atoms with Crippen LogP contribution < -0.4 is 10.6 Å². The number of thiophene rings is 1. The fourth-order valence-electron chi connectivity index (χ4n) is 1.82. The van der Waals surface area contributed by atoms with Gasteiger partial charge in [-0.25, -0.2) is 4.98 Å². The summed E-state index contributed by atoms with van der Waals surface area (Å²) in [5, 5.41) is 18.7. The molecule has 0 spiro atoms. The molecule has 3 rings (SSSR count). The lowest BCUT2D eigenvalue weighted by atomic mass is 10.2. The molecule has 2 amide bonds. The molecule has 0 atom stereocenters. The third-order valence-electron chi connectivity index (χ3n) is 2.90. The smallest absolute Gasteiger partial charge is 0.267 e. The third kappa shape index (κ3) is 4.43. The predicted octanol–water partition coefficient (Wildman–Crippen LogP) is 3.19. The van der Waals surface area contributed by atoms with Gasteiger partial charge in [0.1, 0.15) is 5.01 Å². The zero-order valence-corrected chi connectivity index (χ0v) is 15.1. The minimum Gasteiger partial charge on any atom is -0.301 e. The number of rotatable bonds is 6. The number of hydrogen-bond donors (Lipinski definition) is 2. The Morgan fingerprint density at radius 1 is 1.17 bits per heavy atom. The van der Waals surface area contributed by atoms with Crippen molar-refractivity contribution >= 4 is 56.1 Å². The molecule has 0 aromatic carbocycles. The molecular formula is C14H13N5O2S3. The van der Waals surface area contributed by atoms with E-state index in [0.29, 0.717) is 28.0 Å². The van der Waals surface area contributed by atoms with Gasteiger partial charge < -0.3 is 5.32 Å². The van der Waals surface area contributed by atoms with E-state index in [4.69, 9.17) is 0 Å². The largest absolute Gasteiger partial charge is 0.301 e. The van der Waals surface area contributed by atoms with E-state index in [1.54, 1.807) is 6.07 Å². The number of carbonyl (C=O) groups excluding carboxylic acids is 2. The van der Waals surface area contributed by atoms with Crippen LogP contribution >= 0.6 is 34.0 Å². The van der Waals surface area contributed by atoms with Crippen molar-refractivity contribution < 1.29 is 9.59 Å². The normalized spacial score (nSPS) is 10.5. The maximum absolute atomic E-state index is 11.9. The van der Waals surface area contributed by atoms with E-state index in [0.717, 1.165) is 10.7 Å². The van der Waals surface area contributed by atoms with Crippen molar-refractivity contribution in [2.24, 2.45) is 0 Å². The van der Waals surface area contributed by atoms with Crippen LogP contribution in [0.15, 0.2) is 22.9 Å². The SMILES string of the molecule is Cc1nnc(NC(=O)CCc2csc(NC(=O)c3cccs3)n2)s1. The van der Waals surface area contributed by atoms with Gasteiger partial charge in [-0.3, -0.25) is 14.9 Å². The quantitative estimate of drug-likeness (QED) is 0.685. The first kappa shape index (κ1) is 16.7. The van der Waals surface area contributed by atoms with Crippen molar-refractivity contribution in [3.05, 3.63) is 38.5 Å². The Labute approximate surface area is 149 Å². The van der Waals surface area contributed by atoms with E-state index in [1.807, 2.05) is 23.8 Å². The minimum atomic E-state index is -0.171. The summed E-state index contributed by atoms with van der Waals surface area (Å²) < 4.78 is 0. The summed E-state index contributed by atoms with van der Waals surface area (Å²) in [5.41, 5.74) is 0.769. The molecule has 3 heterocycles. The fraction of sp³-hybridized carbons (Fsp3) is 0.214. The van der Waals surface area contributed by atoms with Gasteiger partial charge in [-0.05, 0) is 24.8 Å². The zero-order chi connectivity index (χ0) is 16.9. The molecule has 10 heteroatoms. The van der Waals surface area contributed by atoms with Crippen molar-refractivity contribution in [3.8, 4) is 0 Å². The molecule has 0 aliphatic rings. The molecule has 3 aromatic heterocycles. The Hall–Kier alpha value is -2.17. The molecule has 7 nitrogen and oxygen atoms in total. The number of nitrogens with one attached hydrogen (secondary N) is 2. The van der Waals surface area contributed by atoms with Crippen LogP contribution in [-0.4, -0.2) is 27.0 Å². The van der Waals surface area contributed by atoms with E-state index in [2.05, 4.69) is 25.8 Å². The summed E-state index contributed by atoms with van der Waals surface area (Å²) in [6.07, 6.45) is 0.787. The second-order valence-electron chi connectivity index (χ2n) is 4.75. The van der Waals surface area contributed by atoms with Gasteiger partial charge in [-0.15, -0.1) is 32.9 Å². The predicted molar refractivity (Wildman–Crippen MR) is 96.0 cm³/mol. The van der Waals surface area contributed by atoms with Gasteiger partial charge in [0.05, 0.1) is 10.6 Å². The Morgan fingerprint density at radius 3 is 2.75 bits per heavy atom. The van der Waals surface area contributed by atoms with Gasteiger partial charge in [0.15, 0.2) is 5.13 Å². The number of thiazole rings is 1. The van der Waals surface area contributed by atoms with Crippen molar-refractivity contribution in [2.75, 3.05) is 10.6 Å². The summed E-state index contributed by atoms with van der Waals surface area (Å²) in [7, 11) is 0. The van der Waals surface area contributed by atoms with E-state index in [-0.39, 0.29) is 11.8 Å². The van der Waals surface area contributed by atoms with Crippen molar-refractivity contribution in [1.82, 2.24) is 15.2 Å². The van der Waals surface area contributed by atoms with Crippen LogP contribution in [0.5, 0.6) is 0 Å². The van der Waals surface area contributed by atoms with Gasteiger partial charge >= 0.3 is 0 Å². The van der Waals surface area contributed by atoms with Gasteiger partial charge in [0.25, 0.3) is 5.91 Å². The first-order chi connectivity index (χ1) is 11.6. The summed E-state index contributed by atoms with van der Waals surface area (Å²) in [5.74, 6) is -0.307. The average molecular weight is 379 g/mol. The summed E-state index contributed by atoms with van der Waals surface area (Å²) in [6, 6.07) is 3.58. The van der Waals surface area contributed by atoms with Crippen LogP contribution in [0.25, 0.3) is 0 Å². The molecule has 0 fully saturated rings. The summed E-state index contributed by atoms with van der Waals surface area (Å²) >= 11 is 4.05. The summed E-state index contributed by atoms with van der Waals surface area (Å²) in [6.45, 7) is 1.83. The maximum atomic E-state index is 11.9. The van der Waals surface area contributed by atoms with Gasteiger partial charge in [-0.1, -0.05) is 17.4 Å². The molecule has 0 radical (unpaired) electrons. The molecule has 3 aromatic rings. The molecular weight excluding hydrogens is 366 g/mol. The molecule has 124 valence electrons. The Morgan fingerprint density at radius 2 is 2.04 bits per heavy atom. The monoisotopic (exact) mass is 379 g/mol.